The van der Waals surface area contributed by atoms with Crippen molar-refractivity contribution in [3.05, 3.63) is 29.3 Å². The number of rotatable bonds is 3. The zero-order valence-corrected chi connectivity index (χ0v) is 7.28. The van der Waals surface area contributed by atoms with E-state index in [1.54, 1.807) is 18.2 Å². The Kier molecular flexibility index (Phi) is 3.04. The van der Waals surface area contributed by atoms with Crippen molar-refractivity contribution in [1.82, 2.24) is 0 Å². The lowest BCUT2D eigenvalue weighted by Crippen LogP contribution is -1.93. The number of hydrogen-bond acceptors (Lipinski definition) is 3. The molecule has 0 spiro atoms. The molecular formula is C10H9NO2. The predicted molar refractivity (Wildman–Crippen MR) is 47.5 cm³/mol. The highest BCUT2D eigenvalue weighted by atomic mass is 16.5. The van der Waals surface area contributed by atoms with E-state index in [9.17, 15) is 4.79 Å². The highest BCUT2D eigenvalue weighted by Crippen LogP contribution is 2.19. The Morgan fingerprint density at radius 1 is 1.62 bits per heavy atom. The molecule has 1 rings (SSSR count). The predicted octanol–water partition coefficient (Wildman–Crippen LogP) is 1.31. The minimum absolute atomic E-state index is 0.314. The van der Waals surface area contributed by atoms with Gasteiger partial charge in [0.2, 0.25) is 0 Å². The van der Waals surface area contributed by atoms with Crippen LogP contribution in [-0.4, -0.2) is 13.4 Å². The summed E-state index contributed by atoms with van der Waals surface area (Å²) in [6, 6.07) is 7.02. The Morgan fingerprint density at radius 2 is 2.38 bits per heavy atom. The van der Waals surface area contributed by atoms with Crippen LogP contribution in [0.5, 0.6) is 5.75 Å². The first kappa shape index (κ1) is 9.27. The molecule has 3 heteroatoms. The van der Waals surface area contributed by atoms with Crippen LogP contribution in [0, 0.1) is 11.3 Å². The first-order valence-corrected chi connectivity index (χ1v) is 3.82. The zero-order chi connectivity index (χ0) is 9.68. The number of carbonyl (C=O) groups excluding carboxylic acids is 1. The lowest BCUT2D eigenvalue weighted by Gasteiger charge is -2.05. The third-order valence-electron chi connectivity index (χ3n) is 1.72. The normalized spacial score (nSPS) is 8.92. The Hall–Kier alpha value is -1.82. The van der Waals surface area contributed by atoms with Crippen molar-refractivity contribution < 1.29 is 9.53 Å². The van der Waals surface area contributed by atoms with Crippen LogP contribution >= 0.6 is 0 Å². The van der Waals surface area contributed by atoms with E-state index in [2.05, 4.69) is 0 Å². The van der Waals surface area contributed by atoms with E-state index >= 15 is 0 Å². The summed E-state index contributed by atoms with van der Waals surface area (Å²) in [6.07, 6.45) is 1.12. The van der Waals surface area contributed by atoms with Gasteiger partial charge in [-0.25, -0.2) is 0 Å². The first-order chi connectivity index (χ1) is 6.31. The Bertz CT molecular complexity index is 352. The minimum Gasteiger partial charge on any atom is -0.496 e. The fourth-order valence-electron chi connectivity index (χ4n) is 1.07. The van der Waals surface area contributed by atoms with Gasteiger partial charge in [0.05, 0.1) is 18.7 Å². The topological polar surface area (TPSA) is 50.1 Å². The molecule has 13 heavy (non-hydrogen) atoms. The van der Waals surface area contributed by atoms with Crippen molar-refractivity contribution in [3.63, 3.8) is 0 Å². The molecule has 0 radical (unpaired) electrons. The van der Waals surface area contributed by atoms with Crippen LogP contribution in [0.15, 0.2) is 18.2 Å². The summed E-state index contributed by atoms with van der Waals surface area (Å²) in [7, 11) is 1.52. The molecule has 0 unspecified atom stereocenters. The molecule has 0 saturated carbocycles. The molecule has 0 atom stereocenters. The molecule has 0 amide bonds. The maximum atomic E-state index is 10.3. The van der Waals surface area contributed by atoms with E-state index < -0.39 is 0 Å². The maximum absolute atomic E-state index is 10.3. The Labute approximate surface area is 76.6 Å². The van der Waals surface area contributed by atoms with Gasteiger partial charge in [0.15, 0.2) is 0 Å². The number of nitriles is 1. The molecule has 0 aromatic heterocycles. The van der Waals surface area contributed by atoms with Crippen molar-refractivity contribution in [3.8, 4) is 11.8 Å². The van der Waals surface area contributed by atoms with Gasteiger partial charge in [-0.15, -0.1) is 0 Å². The number of ether oxygens (including phenoxy) is 1. The third kappa shape index (κ3) is 2.06. The van der Waals surface area contributed by atoms with Crippen molar-refractivity contribution in [2.24, 2.45) is 0 Å². The van der Waals surface area contributed by atoms with Gasteiger partial charge in [0.25, 0.3) is 0 Å². The smallest absolute Gasteiger partial charge is 0.124 e. The molecule has 3 nitrogen and oxygen atoms in total. The average Bonchev–Trinajstić information content (AvgIpc) is 2.19. The molecule has 0 aliphatic carbocycles. The Balaban J connectivity index is 3.09. The van der Waals surface area contributed by atoms with Gasteiger partial charge < -0.3 is 9.53 Å². The monoisotopic (exact) mass is 175 g/mol. The lowest BCUT2D eigenvalue weighted by atomic mass is 10.1. The summed E-state index contributed by atoms with van der Waals surface area (Å²) in [5, 5.41) is 8.60. The number of hydrogen-bond donors (Lipinski definition) is 0. The highest BCUT2D eigenvalue weighted by molar-refractivity contribution is 5.58. The third-order valence-corrected chi connectivity index (χ3v) is 1.72. The van der Waals surface area contributed by atoms with Crippen LogP contribution in [0.3, 0.4) is 0 Å². The van der Waals surface area contributed by atoms with Crippen LogP contribution < -0.4 is 4.74 Å². The average molecular weight is 175 g/mol. The fraction of sp³-hybridized carbons (Fsp3) is 0.200. The fourth-order valence-corrected chi connectivity index (χ4v) is 1.07. The van der Waals surface area contributed by atoms with Crippen LogP contribution in [0.25, 0.3) is 0 Å². The first-order valence-electron chi connectivity index (χ1n) is 3.82. The number of carbonyl (C=O) groups is 1. The second-order valence-electron chi connectivity index (χ2n) is 2.51. The lowest BCUT2D eigenvalue weighted by molar-refractivity contribution is -0.107. The van der Waals surface area contributed by atoms with Crippen LogP contribution in [0.4, 0.5) is 0 Å². The van der Waals surface area contributed by atoms with E-state index in [1.165, 1.54) is 7.11 Å². The van der Waals surface area contributed by atoms with Gasteiger partial charge >= 0.3 is 0 Å². The molecule has 1 aromatic rings. The van der Waals surface area contributed by atoms with Crippen LogP contribution in [-0.2, 0) is 11.2 Å². The molecule has 1 aromatic carbocycles. The van der Waals surface area contributed by atoms with Crippen LogP contribution in [0.1, 0.15) is 11.1 Å². The van der Waals surface area contributed by atoms with Gasteiger partial charge in [0.1, 0.15) is 12.0 Å². The quantitative estimate of drug-likeness (QED) is 0.651. The molecule has 0 aliphatic rings. The summed E-state index contributed by atoms with van der Waals surface area (Å²) in [4.78, 5) is 10.3. The second-order valence-corrected chi connectivity index (χ2v) is 2.51. The van der Waals surface area contributed by atoms with Gasteiger partial charge in [-0.05, 0) is 12.1 Å². The molecule has 0 heterocycles. The molecule has 0 aliphatic heterocycles. The molecule has 0 N–H and O–H groups in total. The van der Waals surface area contributed by atoms with Crippen LogP contribution in [0.2, 0.25) is 0 Å². The van der Waals surface area contributed by atoms with E-state index in [0.29, 0.717) is 17.7 Å². The summed E-state index contributed by atoms with van der Waals surface area (Å²) in [6.45, 7) is 0. The van der Waals surface area contributed by atoms with E-state index in [4.69, 9.17) is 10.00 Å². The maximum Gasteiger partial charge on any atom is 0.124 e. The number of benzene rings is 1. The van der Waals surface area contributed by atoms with E-state index in [0.717, 1.165) is 11.8 Å². The minimum atomic E-state index is 0.314. The number of aldehydes is 1. The summed E-state index contributed by atoms with van der Waals surface area (Å²) < 4.78 is 5.03. The molecule has 0 fully saturated rings. The molecule has 66 valence electrons. The molecular weight excluding hydrogens is 166 g/mol. The second kappa shape index (κ2) is 4.27. The highest BCUT2D eigenvalue weighted by Gasteiger charge is 2.02. The largest absolute Gasteiger partial charge is 0.496 e. The number of nitrogens with zero attached hydrogens (tertiary/aromatic N) is 1. The number of methoxy groups -OCH3 is 1. The standard InChI is InChI=1S/C10H9NO2/c1-13-10-6-8(7-11)2-3-9(10)4-5-12/h2-3,5-6H,4H2,1H3. The van der Waals surface area contributed by atoms with Gasteiger partial charge in [0, 0.05) is 12.0 Å². The van der Waals surface area contributed by atoms with E-state index in [-0.39, 0.29) is 0 Å². The van der Waals surface area contributed by atoms with Crippen molar-refractivity contribution >= 4 is 6.29 Å². The van der Waals surface area contributed by atoms with Gasteiger partial charge in [-0.3, -0.25) is 0 Å². The van der Waals surface area contributed by atoms with E-state index in [1.807, 2.05) is 6.07 Å². The summed E-state index contributed by atoms with van der Waals surface area (Å²) in [5.41, 5.74) is 1.34. The van der Waals surface area contributed by atoms with Gasteiger partial charge in [-0.2, -0.15) is 5.26 Å². The van der Waals surface area contributed by atoms with Crippen molar-refractivity contribution in [2.75, 3.05) is 7.11 Å². The summed E-state index contributed by atoms with van der Waals surface area (Å²) >= 11 is 0. The van der Waals surface area contributed by atoms with Crippen molar-refractivity contribution in [1.29, 1.82) is 5.26 Å². The Morgan fingerprint density at radius 3 is 2.92 bits per heavy atom. The molecule has 0 bridgehead atoms. The summed E-state index contributed by atoms with van der Waals surface area (Å²) in [5.74, 6) is 0.589. The zero-order valence-electron chi connectivity index (χ0n) is 7.28. The van der Waals surface area contributed by atoms with Gasteiger partial charge in [-0.1, -0.05) is 6.07 Å². The van der Waals surface area contributed by atoms with Crippen molar-refractivity contribution in [2.45, 2.75) is 6.42 Å². The molecule has 0 saturated heterocycles. The SMILES string of the molecule is COc1cc(C#N)ccc1CC=O.